The number of amides is 1. The van der Waals surface area contributed by atoms with Gasteiger partial charge in [0.2, 0.25) is 5.91 Å². The molecule has 2 aromatic carbocycles. The third-order valence-corrected chi connectivity index (χ3v) is 5.23. The van der Waals surface area contributed by atoms with Crippen molar-refractivity contribution >= 4 is 17.2 Å². The molecule has 0 saturated carbocycles. The quantitative estimate of drug-likeness (QED) is 0.646. The molecule has 158 valence electrons. The van der Waals surface area contributed by atoms with Crippen LogP contribution in [0.25, 0.3) is 5.57 Å². The van der Waals surface area contributed by atoms with Crippen molar-refractivity contribution in [3.05, 3.63) is 59.2 Å². The lowest BCUT2D eigenvalue weighted by Gasteiger charge is -2.13. The molecule has 7 heteroatoms. The number of aryl methyl sites for hydroxylation is 1. The molecule has 0 bridgehead atoms. The second kappa shape index (κ2) is 8.42. The number of nitrogens with one attached hydrogen (secondary N) is 1. The van der Waals surface area contributed by atoms with Gasteiger partial charge in [0.15, 0.2) is 0 Å². The normalized spacial score (nSPS) is 17.6. The maximum Gasteiger partial charge on any atom is 0.416 e. The number of rotatable bonds is 2. The first kappa shape index (κ1) is 20.3. The van der Waals surface area contributed by atoms with Gasteiger partial charge in [0.25, 0.3) is 0 Å². The van der Waals surface area contributed by atoms with Gasteiger partial charge < -0.3 is 14.8 Å². The highest BCUT2D eigenvalue weighted by Gasteiger charge is 2.32. The third kappa shape index (κ3) is 4.61. The average Bonchev–Trinajstić information content (AvgIpc) is 3.05. The monoisotopic (exact) mass is 417 g/mol. The number of allylic oxidation sites excluding steroid dienone is 1. The number of anilines is 1. The molecule has 0 unspecified atom stereocenters. The summed E-state index contributed by atoms with van der Waals surface area (Å²) in [6.45, 7) is 1.00. The third-order valence-electron chi connectivity index (χ3n) is 5.23. The van der Waals surface area contributed by atoms with E-state index in [0.717, 1.165) is 42.7 Å². The molecule has 0 aliphatic carbocycles. The second-order valence-electron chi connectivity index (χ2n) is 7.45. The smallest absolute Gasteiger partial charge is 0.416 e. The molecule has 2 aliphatic rings. The zero-order valence-corrected chi connectivity index (χ0v) is 16.3. The molecule has 0 aromatic heterocycles. The SMILES string of the molecule is O=C(/C=C1\CCCOc2cc(C(F)(F)F)ccc21)Nc1ccc2c(c1)CCCCO2. The Bertz CT molecular complexity index is 982. The number of hydrogen-bond acceptors (Lipinski definition) is 3. The average molecular weight is 417 g/mol. The lowest BCUT2D eigenvalue weighted by Crippen LogP contribution is -2.10. The van der Waals surface area contributed by atoms with Gasteiger partial charge in [0, 0.05) is 17.3 Å². The van der Waals surface area contributed by atoms with E-state index in [2.05, 4.69) is 5.32 Å². The van der Waals surface area contributed by atoms with Crippen LogP contribution in [0.1, 0.15) is 42.4 Å². The number of carbonyl (C=O) groups excluding carboxylic acids is 1. The van der Waals surface area contributed by atoms with Crippen molar-refractivity contribution in [1.82, 2.24) is 0 Å². The fraction of sp³-hybridized carbons (Fsp3) is 0.348. The summed E-state index contributed by atoms with van der Waals surface area (Å²) in [4.78, 5) is 12.6. The molecule has 30 heavy (non-hydrogen) atoms. The minimum Gasteiger partial charge on any atom is -0.493 e. The fourth-order valence-corrected chi connectivity index (χ4v) is 3.74. The van der Waals surface area contributed by atoms with Crippen molar-refractivity contribution in [3.63, 3.8) is 0 Å². The van der Waals surface area contributed by atoms with Crippen molar-refractivity contribution in [1.29, 1.82) is 0 Å². The van der Waals surface area contributed by atoms with Crippen LogP contribution in [0.4, 0.5) is 18.9 Å². The van der Waals surface area contributed by atoms with E-state index in [1.165, 1.54) is 12.1 Å². The van der Waals surface area contributed by atoms with Gasteiger partial charge in [-0.05, 0) is 73.6 Å². The lowest BCUT2D eigenvalue weighted by atomic mass is 9.99. The van der Waals surface area contributed by atoms with E-state index in [4.69, 9.17) is 9.47 Å². The standard InChI is InChI=1S/C23H22F3NO3/c24-23(25,26)17-6-8-19-15(5-3-11-30-21(19)14-17)13-22(28)27-18-7-9-20-16(12-18)4-1-2-10-29-20/h6-9,12-14H,1-5,10-11H2,(H,27,28)/b15-13+. The highest BCUT2D eigenvalue weighted by molar-refractivity contribution is 6.04. The Balaban J connectivity index is 1.56. The number of alkyl halides is 3. The number of carbonyl (C=O) groups is 1. The molecule has 0 radical (unpaired) electrons. The first-order chi connectivity index (χ1) is 14.4. The molecule has 4 rings (SSSR count). The molecule has 2 aliphatic heterocycles. The second-order valence-corrected chi connectivity index (χ2v) is 7.45. The Hall–Kier alpha value is -2.96. The van der Waals surface area contributed by atoms with Gasteiger partial charge in [-0.2, -0.15) is 13.2 Å². The van der Waals surface area contributed by atoms with E-state index >= 15 is 0 Å². The Labute approximate surface area is 172 Å². The molecule has 1 amide bonds. The predicted octanol–water partition coefficient (Wildman–Crippen LogP) is 5.62. The number of ether oxygens (including phenoxy) is 2. The number of halogens is 3. The van der Waals surface area contributed by atoms with Crippen molar-refractivity contribution < 1.29 is 27.4 Å². The van der Waals surface area contributed by atoms with E-state index < -0.39 is 11.7 Å². The van der Waals surface area contributed by atoms with Crippen molar-refractivity contribution in [3.8, 4) is 11.5 Å². The van der Waals surface area contributed by atoms with Crippen LogP contribution >= 0.6 is 0 Å². The predicted molar refractivity (Wildman–Crippen MR) is 108 cm³/mol. The molecule has 2 aromatic rings. The maximum atomic E-state index is 13.0. The van der Waals surface area contributed by atoms with Crippen molar-refractivity contribution in [2.75, 3.05) is 18.5 Å². The fourth-order valence-electron chi connectivity index (χ4n) is 3.74. The summed E-state index contributed by atoms with van der Waals surface area (Å²) in [5, 5.41) is 2.85. The lowest BCUT2D eigenvalue weighted by molar-refractivity contribution is -0.137. The zero-order valence-electron chi connectivity index (χ0n) is 16.3. The molecular formula is C23H22F3NO3. The van der Waals surface area contributed by atoms with Gasteiger partial charge in [-0.25, -0.2) is 0 Å². The van der Waals surface area contributed by atoms with Gasteiger partial charge in [0.1, 0.15) is 11.5 Å². The molecule has 0 atom stereocenters. The zero-order chi connectivity index (χ0) is 21.1. The number of fused-ring (bicyclic) bond motifs is 2. The van der Waals surface area contributed by atoms with Gasteiger partial charge in [-0.3, -0.25) is 4.79 Å². The summed E-state index contributed by atoms with van der Waals surface area (Å²) in [6.07, 6.45) is 1.09. The van der Waals surface area contributed by atoms with E-state index in [0.29, 0.717) is 42.9 Å². The van der Waals surface area contributed by atoms with Crippen LogP contribution < -0.4 is 14.8 Å². The van der Waals surface area contributed by atoms with Crippen LogP contribution in [-0.4, -0.2) is 19.1 Å². The van der Waals surface area contributed by atoms with E-state index in [1.807, 2.05) is 12.1 Å². The minimum atomic E-state index is -4.44. The van der Waals surface area contributed by atoms with Crippen LogP contribution in [0.15, 0.2) is 42.5 Å². The topological polar surface area (TPSA) is 47.6 Å². The summed E-state index contributed by atoms with van der Waals surface area (Å²) in [5.74, 6) is 0.676. The molecule has 4 nitrogen and oxygen atoms in total. The molecule has 0 spiro atoms. The minimum absolute atomic E-state index is 0.156. The summed E-state index contributed by atoms with van der Waals surface area (Å²) >= 11 is 0. The Morgan fingerprint density at radius 2 is 1.73 bits per heavy atom. The van der Waals surface area contributed by atoms with Crippen LogP contribution in [-0.2, 0) is 17.4 Å². The van der Waals surface area contributed by atoms with E-state index in [9.17, 15) is 18.0 Å². The Kier molecular flexibility index (Phi) is 5.70. The Morgan fingerprint density at radius 1 is 0.933 bits per heavy atom. The first-order valence-electron chi connectivity index (χ1n) is 10.0. The summed E-state index contributed by atoms with van der Waals surface area (Å²) in [7, 11) is 0. The summed E-state index contributed by atoms with van der Waals surface area (Å²) < 4.78 is 50.2. The van der Waals surface area contributed by atoms with Gasteiger partial charge in [-0.1, -0.05) is 6.07 Å². The summed E-state index contributed by atoms with van der Waals surface area (Å²) in [6, 6.07) is 8.96. The molecular weight excluding hydrogens is 395 g/mol. The number of hydrogen-bond donors (Lipinski definition) is 1. The maximum absolute atomic E-state index is 13.0. The van der Waals surface area contributed by atoms with E-state index in [-0.39, 0.29) is 11.7 Å². The number of benzene rings is 2. The van der Waals surface area contributed by atoms with Crippen molar-refractivity contribution in [2.45, 2.75) is 38.3 Å². The molecule has 2 heterocycles. The van der Waals surface area contributed by atoms with Gasteiger partial charge in [0.05, 0.1) is 18.8 Å². The largest absolute Gasteiger partial charge is 0.493 e. The Morgan fingerprint density at radius 3 is 2.57 bits per heavy atom. The van der Waals surface area contributed by atoms with Gasteiger partial charge >= 0.3 is 6.18 Å². The van der Waals surface area contributed by atoms with Crippen molar-refractivity contribution in [2.24, 2.45) is 0 Å². The van der Waals surface area contributed by atoms with Crippen LogP contribution in [0, 0.1) is 0 Å². The highest BCUT2D eigenvalue weighted by Crippen LogP contribution is 2.38. The first-order valence-corrected chi connectivity index (χ1v) is 10.0. The van der Waals surface area contributed by atoms with Crippen LogP contribution in [0.5, 0.6) is 11.5 Å². The molecule has 0 fully saturated rings. The van der Waals surface area contributed by atoms with Crippen LogP contribution in [0.3, 0.4) is 0 Å². The summed E-state index contributed by atoms with van der Waals surface area (Å²) in [5.41, 5.74) is 2.14. The highest BCUT2D eigenvalue weighted by atomic mass is 19.4. The molecule has 0 saturated heterocycles. The van der Waals surface area contributed by atoms with Gasteiger partial charge in [-0.15, -0.1) is 0 Å². The van der Waals surface area contributed by atoms with Crippen LogP contribution in [0.2, 0.25) is 0 Å². The molecule has 1 N–H and O–H groups in total. The van der Waals surface area contributed by atoms with E-state index in [1.54, 1.807) is 6.07 Å².